The SMILES string of the molecule is C/C=C(/c1cc(C(C)CC)[nH]n1)c1ccccc1C. The van der Waals surface area contributed by atoms with Crippen LogP contribution >= 0.6 is 0 Å². The Labute approximate surface area is 115 Å². The minimum Gasteiger partial charge on any atom is -0.282 e. The van der Waals surface area contributed by atoms with E-state index in [1.165, 1.54) is 22.4 Å². The Morgan fingerprint density at radius 3 is 2.74 bits per heavy atom. The average Bonchev–Trinajstić information content (AvgIpc) is 2.90. The normalized spacial score (nSPS) is 13.6. The Morgan fingerprint density at radius 2 is 2.11 bits per heavy atom. The molecule has 0 saturated carbocycles. The van der Waals surface area contributed by atoms with Gasteiger partial charge in [0.1, 0.15) is 0 Å². The summed E-state index contributed by atoms with van der Waals surface area (Å²) in [5, 5.41) is 7.65. The number of aryl methyl sites for hydroxylation is 1. The molecule has 0 fully saturated rings. The van der Waals surface area contributed by atoms with E-state index in [0.717, 1.165) is 12.1 Å². The summed E-state index contributed by atoms with van der Waals surface area (Å²) in [5.41, 5.74) is 5.98. The van der Waals surface area contributed by atoms with Crippen LogP contribution in [-0.4, -0.2) is 10.2 Å². The Balaban J connectivity index is 2.39. The molecule has 1 atom stereocenters. The molecule has 2 rings (SSSR count). The van der Waals surface area contributed by atoms with Crippen LogP contribution in [0, 0.1) is 6.92 Å². The van der Waals surface area contributed by atoms with E-state index in [-0.39, 0.29) is 0 Å². The van der Waals surface area contributed by atoms with Gasteiger partial charge < -0.3 is 0 Å². The monoisotopic (exact) mass is 254 g/mol. The number of nitrogens with one attached hydrogen (secondary N) is 1. The molecule has 1 heterocycles. The topological polar surface area (TPSA) is 28.7 Å². The van der Waals surface area contributed by atoms with E-state index in [2.05, 4.69) is 74.3 Å². The maximum absolute atomic E-state index is 4.48. The van der Waals surface area contributed by atoms with E-state index in [1.54, 1.807) is 0 Å². The summed E-state index contributed by atoms with van der Waals surface area (Å²) in [7, 11) is 0. The first-order chi connectivity index (χ1) is 9.17. The second-order valence-corrected chi connectivity index (χ2v) is 5.04. The zero-order valence-corrected chi connectivity index (χ0v) is 12.2. The average molecular weight is 254 g/mol. The Morgan fingerprint density at radius 1 is 1.37 bits per heavy atom. The molecule has 0 aliphatic heterocycles. The molecule has 0 aliphatic carbocycles. The van der Waals surface area contributed by atoms with Crippen molar-refractivity contribution in [2.75, 3.05) is 0 Å². The molecule has 2 nitrogen and oxygen atoms in total. The van der Waals surface area contributed by atoms with Crippen LogP contribution in [0.25, 0.3) is 5.57 Å². The standard InChI is InChI=1S/C17H22N2/c1-5-12(3)16-11-17(19-18-16)14(6-2)15-10-8-7-9-13(15)4/h6-12H,5H2,1-4H3,(H,18,19)/b14-6+. The predicted molar refractivity (Wildman–Crippen MR) is 81.2 cm³/mol. The summed E-state index contributed by atoms with van der Waals surface area (Å²) in [4.78, 5) is 0. The van der Waals surface area contributed by atoms with Crippen molar-refractivity contribution in [3.8, 4) is 0 Å². The lowest BCUT2D eigenvalue weighted by Crippen LogP contribution is -1.91. The predicted octanol–water partition coefficient (Wildman–Crippen LogP) is 4.68. The molecule has 1 aromatic heterocycles. The van der Waals surface area contributed by atoms with E-state index in [4.69, 9.17) is 0 Å². The fraction of sp³-hybridized carbons (Fsp3) is 0.353. The molecule has 0 radical (unpaired) electrons. The van der Waals surface area contributed by atoms with Gasteiger partial charge in [-0.25, -0.2) is 0 Å². The Hall–Kier alpha value is -1.83. The van der Waals surface area contributed by atoms with Crippen LogP contribution in [0.2, 0.25) is 0 Å². The van der Waals surface area contributed by atoms with Crippen LogP contribution in [0.3, 0.4) is 0 Å². The third-order valence-electron chi connectivity index (χ3n) is 3.74. The number of aromatic amines is 1. The highest BCUT2D eigenvalue weighted by atomic mass is 15.1. The minimum atomic E-state index is 0.524. The lowest BCUT2D eigenvalue weighted by atomic mass is 9.97. The van der Waals surface area contributed by atoms with Crippen LogP contribution < -0.4 is 0 Å². The van der Waals surface area contributed by atoms with Gasteiger partial charge in [0.05, 0.1) is 5.69 Å². The van der Waals surface area contributed by atoms with Crippen molar-refractivity contribution in [3.63, 3.8) is 0 Å². The first-order valence-electron chi connectivity index (χ1n) is 6.95. The van der Waals surface area contributed by atoms with Gasteiger partial charge >= 0.3 is 0 Å². The number of aromatic nitrogens is 2. The van der Waals surface area contributed by atoms with Gasteiger partial charge in [-0.3, -0.25) is 5.10 Å². The third-order valence-corrected chi connectivity index (χ3v) is 3.74. The van der Waals surface area contributed by atoms with Crippen LogP contribution in [0.1, 0.15) is 55.6 Å². The molecule has 0 aliphatic rings. The largest absolute Gasteiger partial charge is 0.282 e. The van der Waals surface area contributed by atoms with Gasteiger partial charge in [-0.15, -0.1) is 0 Å². The molecular weight excluding hydrogens is 232 g/mol. The van der Waals surface area contributed by atoms with Crippen molar-refractivity contribution >= 4 is 5.57 Å². The van der Waals surface area contributed by atoms with Crippen molar-refractivity contribution in [2.45, 2.75) is 40.0 Å². The van der Waals surface area contributed by atoms with Gasteiger partial charge in [0.15, 0.2) is 0 Å². The van der Waals surface area contributed by atoms with Crippen molar-refractivity contribution in [1.82, 2.24) is 10.2 Å². The third kappa shape index (κ3) is 2.78. The number of rotatable bonds is 4. The lowest BCUT2D eigenvalue weighted by Gasteiger charge is -2.07. The fourth-order valence-electron chi connectivity index (χ4n) is 2.26. The summed E-state index contributed by atoms with van der Waals surface area (Å²) in [6.45, 7) is 8.63. The van der Waals surface area contributed by atoms with Crippen molar-refractivity contribution in [1.29, 1.82) is 0 Å². The number of hydrogen-bond donors (Lipinski definition) is 1. The summed E-state index contributed by atoms with van der Waals surface area (Å²) in [5.74, 6) is 0.524. The van der Waals surface area contributed by atoms with Crippen molar-refractivity contribution in [3.05, 3.63) is 58.9 Å². The van der Waals surface area contributed by atoms with E-state index in [1.807, 2.05) is 0 Å². The van der Waals surface area contributed by atoms with Crippen molar-refractivity contribution < 1.29 is 0 Å². The Kier molecular flexibility index (Phi) is 4.20. The van der Waals surface area contributed by atoms with Crippen LogP contribution in [0.15, 0.2) is 36.4 Å². The quantitative estimate of drug-likeness (QED) is 0.843. The fourth-order valence-corrected chi connectivity index (χ4v) is 2.26. The molecule has 2 aromatic rings. The van der Waals surface area contributed by atoms with Crippen LogP contribution in [0.5, 0.6) is 0 Å². The molecule has 0 spiro atoms. The van der Waals surface area contributed by atoms with Crippen LogP contribution in [0.4, 0.5) is 0 Å². The number of hydrogen-bond acceptors (Lipinski definition) is 1. The zero-order chi connectivity index (χ0) is 13.8. The van der Waals surface area contributed by atoms with Gasteiger partial charge in [0.2, 0.25) is 0 Å². The van der Waals surface area contributed by atoms with Gasteiger partial charge in [-0.05, 0) is 43.4 Å². The highest BCUT2D eigenvalue weighted by Gasteiger charge is 2.12. The summed E-state index contributed by atoms with van der Waals surface area (Å²) in [6, 6.07) is 10.6. The summed E-state index contributed by atoms with van der Waals surface area (Å²) < 4.78 is 0. The second kappa shape index (κ2) is 5.87. The van der Waals surface area contributed by atoms with Crippen LogP contribution in [-0.2, 0) is 0 Å². The lowest BCUT2D eigenvalue weighted by molar-refractivity contribution is 0.703. The van der Waals surface area contributed by atoms with Gasteiger partial charge in [-0.1, -0.05) is 44.2 Å². The van der Waals surface area contributed by atoms with E-state index < -0.39 is 0 Å². The smallest absolute Gasteiger partial charge is 0.0926 e. The maximum atomic E-state index is 4.48. The van der Waals surface area contributed by atoms with Crippen molar-refractivity contribution in [2.24, 2.45) is 0 Å². The summed E-state index contributed by atoms with van der Waals surface area (Å²) in [6.07, 6.45) is 3.26. The number of nitrogens with zero attached hydrogens (tertiary/aromatic N) is 1. The molecule has 2 heteroatoms. The highest BCUT2D eigenvalue weighted by molar-refractivity contribution is 5.79. The van der Waals surface area contributed by atoms with Gasteiger partial charge in [-0.2, -0.15) is 5.10 Å². The molecule has 0 bridgehead atoms. The molecule has 100 valence electrons. The Bertz CT molecular complexity index is 578. The molecule has 0 saturated heterocycles. The summed E-state index contributed by atoms with van der Waals surface area (Å²) >= 11 is 0. The van der Waals surface area contributed by atoms with E-state index in [0.29, 0.717) is 5.92 Å². The molecule has 19 heavy (non-hydrogen) atoms. The van der Waals surface area contributed by atoms with Gasteiger partial charge in [0.25, 0.3) is 0 Å². The zero-order valence-electron chi connectivity index (χ0n) is 12.2. The second-order valence-electron chi connectivity index (χ2n) is 5.04. The molecular formula is C17H22N2. The maximum Gasteiger partial charge on any atom is 0.0926 e. The highest BCUT2D eigenvalue weighted by Crippen LogP contribution is 2.27. The number of benzene rings is 1. The number of allylic oxidation sites excluding steroid dienone is 1. The van der Waals surface area contributed by atoms with Gasteiger partial charge in [0, 0.05) is 11.3 Å². The molecule has 1 N–H and O–H groups in total. The number of H-pyrrole nitrogens is 1. The molecule has 1 unspecified atom stereocenters. The van der Waals surface area contributed by atoms with E-state index in [9.17, 15) is 0 Å². The van der Waals surface area contributed by atoms with E-state index >= 15 is 0 Å². The molecule has 1 aromatic carbocycles. The minimum absolute atomic E-state index is 0.524. The molecule has 0 amide bonds. The first kappa shape index (κ1) is 13.6. The first-order valence-corrected chi connectivity index (χ1v) is 6.95.